The molecule has 23 heavy (non-hydrogen) atoms. The Morgan fingerprint density at radius 3 is 2.78 bits per heavy atom. The highest BCUT2D eigenvalue weighted by atomic mass is 32.1. The lowest BCUT2D eigenvalue weighted by Gasteiger charge is -2.27. The van der Waals surface area contributed by atoms with E-state index >= 15 is 0 Å². The first kappa shape index (κ1) is 16.7. The van der Waals surface area contributed by atoms with Crippen molar-refractivity contribution in [1.82, 2.24) is 4.90 Å². The number of hydrogen-bond donors (Lipinski definition) is 1. The lowest BCUT2D eigenvalue weighted by Crippen LogP contribution is -2.38. The van der Waals surface area contributed by atoms with Gasteiger partial charge in [-0.15, -0.1) is 0 Å². The summed E-state index contributed by atoms with van der Waals surface area (Å²) in [5, 5.41) is 14.8. The van der Waals surface area contributed by atoms with Crippen LogP contribution in [0.2, 0.25) is 0 Å². The topological polar surface area (TPSA) is 32.7 Å². The molecular formula is C19H25NO2S. The minimum Gasteiger partial charge on any atom is -0.391 e. The monoisotopic (exact) mass is 331 g/mol. The molecular weight excluding hydrogens is 306 g/mol. The number of ether oxygens (including phenoxy) is 1. The van der Waals surface area contributed by atoms with E-state index in [9.17, 15) is 5.11 Å². The summed E-state index contributed by atoms with van der Waals surface area (Å²) in [7, 11) is 0. The molecule has 2 heterocycles. The summed E-state index contributed by atoms with van der Waals surface area (Å²) in [5.41, 5.74) is 2.51. The van der Waals surface area contributed by atoms with Crippen LogP contribution in [0.25, 0.3) is 0 Å². The standard InChI is InChI=1S/C19H25NO2S/c21-18(11-16-5-2-1-3-6-16)13-20(12-17-8-10-23-15-17)14-19-7-4-9-22-19/h1-3,5-6,8,10,15,18-19,21H,4,7,9,11-14H2/t18-,19-/m1/s1. The maximum Gasteiger partial charge on any atom is 0.0707 e. The third-order valence-electron chi connectivity index (χ3n) is 4.26. The number of aliphatic hydroxyl groups is 1. The summed E-state index contributed by atoms with van der Waals surface area (Å²) in [6.45, 7) is 3.35. The molecule has 2 aromatic rings. The number of aliphatic hydroxyl groups excluding tert-OH is 1. The molecule has 0 amide bonds. The maximum absolute atomic E-state index is 10.5. The largest absolute Gasteiger partial charge is 0.391 e. The minimum absolute atomic E-state index is 0.317. The van der Waals surface area contributed by atoms with Gasteiger partial charge in [0.05, 0.1) is 12.2 Å². The molecule has 124 valence electrons. The zero-order valence-corrected chi connectivity index (χ0v) is 14.3. The second-order valence-electron chi connectivity index (χ2n) is 6.30. The highest BCUT2D eigenvalue weighted by Crippen LogP contribution is 2.17. The molecule has 1 fully saturated rings. The summed E-state index contributed by atoms with van der Waals surface area (Å²) in [4.78, 5) is 2.34. The molecule has 0 bridgehead atoms. The minimum atomic E-state index is -0.350. The van der Waals surface area contributed by atoms with Crippen LogP contribution in [0.15, 0.2) is 47.2 Å². The van der Waals surface area contributed by atoms with Crippen molar-refractivity contribution in [3.05, 3.63) is 58.3 Å². The van der Waals surface area contributed by atoms with Crippen LogP contribution in [0, 0.1) is 0 Å². The fourth-order valence-electron chi connectivity index (χ4n) is 3.17. The van der Waals surface area contributed by atoms with Gasteiger partial charge < -0.3 is 9.84 Å². The van der Waals surface area contributed by atoms with Crippen molar-refractivity contribution in [2.75, 3.05) is 19.7 Å². The number of nitrogens with zero attached hydrogens (tertiary/aromatic N) is 1. The van der Waals surface area contributed by atoms with Crippen LogP contribution in [-0.4, -0.2) is 41.9 Å². The van der Waals surface area contributed by atoms with Crippen molar-refractivity contribution < 1.29 is 9.84 Å². The van der Waals surface area contributed by atoms with Crippen LogP contribution >= 0.6 is 11.3 Å². The number of thiophene rings is 1. The highest BCUT2D eigenvalue weighted by Gasteiger charge is 2.21. The molecule has 1 aliphatic heterocycles. The Morgan fingerprint density at radius 2 is 2.09 bits per heavy atom. The summed E-state index contributed by atoms with van der Waals surface area (Å²) >= 11 is 1.73. The van der Waals surface area contributed by atoms with Gasteiger partial charge in [-0.05, 0) is 47.2 Å². The second-order valence-corrected chi connectivity index (χ2v) is 7.08. The van der Waals surface area contributed by atoms with Gasteiger partial charge in [0.25, 0.3) is 0 Å². The first-order valence-electron chi connectivity index (χ1n) is 8.36. The summed E-state index contributed by atoms with van der Waals surface area (Å²) in [6, 6.07) is 12.4. The van der Waals surface area contributed by atoms with Gasteiger partial charge in [0.15, 0.2) is 0 Å². The van der Waals surface area contributed by atoms with Gasteiger partial charge in [-0.25, -0.2) is 0 Å². The maximum atomic E-state index is 10.5. The van der Waals surface area contributed by atoms with Gasteiger partial charge in [0.1, 0.15) is 0 Å². The van der Waals surface area contributed by atoms with Crippen molar-refractivity contribution >= 4 is 11.3 Å². The second kappa shape index (κ2) is 8.60. The van der Waals surface area contributed by atoms with Crippen LogP contribution in [0.1, 0.15) is 24.0 Å². The van der Waals surface area contributed by atoms with E-state index in [0.29, 0.717) is 19.1 Å². The molecule has 1 N–H and O–H groups in total. The molecule has 1 aliphatic rings. The van der Waals surface area contributed by atoms with Gasteiger partial charge in [0.2, 0.25) is 0 Å². The molecule has 2 atom stereocenters. The van der Waals surface area contributed by atoms with E-state index in [1.807, 2.05) is 18.2 Å². The van der Waals surface area contributed by atoms with E-state index in [4.69, 9.17) is 4.74 Å². The summed E-state index contributed by atoms with van der Waals surface area (Å²) < 4.78 is 5.78. The van der Waals surface area contributed by atoms with Crippen molar-refractivity contribution in [3.63, 3.8) is 0 Å². The zero-order chi connectivity index (χ0) is 15.9. The average molecular weight is 331 g/mol. The van der Waals surface area contributed by atoms with Crippen molar-refractivity contribution in [2.24, 2.45) is 0 Å². The third kappa shape index (κ3) is 5.43. The molecule has 1 aromatic carbocycles. The quantitative estimate of drug-likeness (QED) is 0.805. The van der Waals surface area contributed by atoms with Crippen LogP contribution in [0.3, 0.4) is 0 Å². The fraction of sp³-hybridized carbons (Fsp3) is 0.474. The van der Waals surface area contributed by atoms with Crippen LogP contribution in [-0.2, 0) is 17.7 Å². The zero-order valence-electron chi connectivity index (χ0n) is 13.4. The van der Waals surface area contributed by atoms with Gasteiger partial charge in [-0.1, -0.05) is 30.3 Å². The van der Waals surface area contributed by atoms with Crippen molar-refractivity contribution in [1.29, 1.82) is 0 Å². The Bertz CT molecular complexity index is 552. The van der Waals surface area contributed by atoms with E-state index in [1.54, 1.807) is 11.3 Å². The molecule has 4 heteroatoms. The SMILES string of the molecule is O[C@H](Cc1ccccc1)CN(Cc1ccsc1)C[C@H]1CCCO1. The van der Waals surface area contributed by atoms with Crippen LogP contribution in [0.5, 0.6) is 0 Å². The third-order valence-corrected chi connectivity index (χ3v) is 4.99. The average Bonchev–Trinajstić information content (AvgIpc) is 3.22. The molecule has 1 saturated heterocycles. The van der Waals surface area contributed by atoms with E-state index in [-0.39, 0.29) is 6.10 Å². The van der Waals surface area contributed by atoms with Crippen LogP contribution in [0.4, 0.5) is 0 Å². The first-order valence-corrected chi connectivity index (χ1v) is 9.31. The Balaban J connectivity index is 1.57. The Kier molecular flexibility index (Phi) is 6.22. The van der Waals surface area contributed by atoms with E-state index in [0.717, 1.165) is 32.5 Å². The molecule has 0 spiro atoms. The number of hydrogen-bond acceptors (Lipinski definition) is 4. The molecule has 0 saturated carbocycles. The highest BCUT2D eigenvalue weighted by molar-refractivity contribution is 7.07. The summed E-state index contributed by atoms with van der Waals surface area (Å²) in [6.07, 6.45) is 2.96. The molecule has 0 unspecified atom stereocenters. The van der Waals surface area contributed by atoms with Gasteiger partial charge in [0, 0.05) is 26.2 Å². The van der Waals surface area contributed by atoms with Gasteiger partial charge >= 0.3 is 0 Å². The molecule has 3 nitrogen and oxygen atoms in total. The molecule has 0 radical (unpaired) electrons. The van der Waals surface area contributed by atoms with Crippen molar-refractivity contribution in [3.8, 4) is 0 Å². The lowest BCUT2D eigenvalue weighted by atomic mass is 10.1. The van der Waals surface area contributed by atoms with E-state index in [1.165, 1.54) is 11.1 Å². The van der Waals surface area contributed by atoms with E-state index in [2.05, 4.69) is 33.9 Å². The molecule has 0 aliphatic carbocycles. The van der Waals surface area contributed by atoms with Gasteiger partial charge in [-0.3, -0.25) is 4.90 Å². The molecule has 3 rings (SSSR count). The predicted octanol–water partition coefficient (Wildman–Crippen LogP) is 3.33. The smallest absolute Gasteiger partial charge is 0.0707 e. The Morgan fingerprint density at radius 1 is 1.22 bits per heavy atom. The number of benzene rings is 1. The molecule has 1 aromatic heterocycles. The summed E-state index contributed by atoms with van der Waals surface area (Å²) in [5.74, 6) is 0. The van der Waals surface area contributed by atoms with E-state index < -0.39 is 0 Å². The fourth-order valence-corrected chi connectivity index (χ4v) is 3.83. The predicted molar refractivity (Wildman–Crippen MR) is 94.7 cm³/mol. The number of rotatable bonds is 8. The first-order chi connectivity index (χ1) is 11.3. The normalized spacial score (nSPS) is 19.3. The Labute approximate surface area is 142 Å². The van der Waals surface area contributed by atoms with Crippen molar-refractivity contribution in [2.45, 2.75) is 38.0 Å². The Hall–Kier alpha value is -1.20. The lowest BCUT2D eigenvalue weighted by molar-refractivity contribution is 0.0465. The van der Waals surface area contributed by atoms with Crippen LogP contribution < -0.4 is 0 Å². The van der Waals surface area contributed by atoms with Gasteiger partial charge in [-0.2, -0.15) is 11.3 Å².